The molecule has 0 fully saturated rings. The van der Waals surface area contributed by atoms with E-state index in [-0.39, 0.29) is 0 Å². The summed E-state index contributed by atoms with van der Waals surface area (Å²) in [4.78, 5) is 0. The average Bonchev–Trinajstić information content (AvgIpc) is 2.64. The van der Waals surface area contributed by atoms with Gasteiger partial charge in [0.05, 0.1) is 0 Å². The van der Waals surface area contributed by atoms with Crippen molar-refractivity contribution in [3.05, 3.63) is 0 Å². The Morgan fingerprint density at radius 2 is 0.228 bits per heavy atom. The van der Waals surface area contributed by atoms with Crippen LogP contribution in [0.3, 0.4) is 0 Å². The van der Waals surface area contributed by atoms with Gasteiger partial charge in [-0.15, -0.1) is 79.0 Å². The van der Waals surface area contributed by atoms with Crippen molar-refractivity contribution < 1.29 is 182 Å². The third-order valence-electron chi connectivity index (χ3n) is 5.21. The van der Waals surface area contributed by atoms with E-state index < -0.39 is 97.9 Å². The van der Waals surface area contributed by atoms with Gasteiger partial charge in [0.15, 0.2) is 0 Å². The summed E-state index contributed by atoms with van der Waals surface area (Å²) in [5, 5.41) is 0. The van der Waals surface area contributed by atoms with Gasteiger partial charge in [0.2, 0.25) is 0 Å². The molecule has 0 amide bonds. The van der Waals surface area contributed by atoms with E-state index in [1.165, 1.54) is 0 Å². The molecule has 344 valence electrons. The van der Waals surface area contributed by atoms with Crippen LogP contribution in [0.5, 0.6) is 0 Å². The van der Waals surface area contributed by atoms with Crippen LogP contribution in [0.25, 0.3) is 0 Å². The Hall–Kier alpha value is -2.66. The lowest BCUT2D eigenvalue weighted by molar-refractivity contribution is -0.647. The molecule has 0 radical (unpaired) electrons. The van der Waals surface area contributed by atoms with Crippen LogP contribution < -0.4 is 0 Å². The minimum atomic E-state index is -10.4. The van der Waals surface area contributed by atoms with Crippen molar-refractivity contribution >= 4 is 0 Å². The lowest BCUT2D eigenvalue weighted by Gasteiger charge is -2.52. The minimum Gasteiger partial charge on any atom is -0.253 e. The van der Waals surface area contributed by atoms with Crippen LogP contribution in [0.2, 0.25) is 0 Å². The molecule has 41 heteroatoms. The molecule has 0 N–H and O–H groups in total. The summed E-state index contributed by atoms with van der Waals surface area (Å²) in [7, 11) is 0. The number of ether oxygens (including phenoxy) is 7. The molecule has 0 aliphatic carbocycles. The Morgan fingerprint density at radius 1 is 0.140 bits per heavy atom. The second kappa shape index (κ2) is 14.5. The first-order chi connectivity index (χ1) is 23.9. The van der Waals surface area contributed by atoms with E-state index in [9.17, 15) is 132 Å². The normalized spacial score (nSPS) is 16.7. The van der Waals surface area contributed by atoms with Gasteiger partial charge in [0.25, 0.3) is 0 Å². The summed E-state index contributed by atoms with van der Waals surface area (Å²) < 4.78 is 466. The zero-order chi connectivity index (χ0) is 46.9. The summed E-state index contributed by atoms with van der Waals surface area (Å²) in [5.41, 5.74) is -20.9. The van der Waals surface area contributed by atoms with E-state index in [1.54, 1.807) is 0 Å². The fourth-order valence-electron chi connectivity index (χ4n) is 3.68. The summed E-state index contributed by atoms with van der Waals surface area (Å²) in [6.07, 6.45) is -129. The first-order valence-corrected chi connectivity index (χ1v) is 11.3. The summed E-state index contributed by atoms with van der Waals surface area (Å²) >= 11 is 0. The van der Waals surface area contributed by atoms with Crippen LogP contribution in [0.4, 0.5) is 149 Å². The number of rotatable bonds is 16. The SMILES string of the molecule is FC(F)(F)OC(F)(F)C(C(F)(F)OC(F)(F)F)(C(F)(F)OC(F)(F)F)C(F)(F)OC(F)(F)C(C(F)(F)OC(F)(F)F)(C(F)(F)OC(F)(F)F)C(F)(F)OC(F)(F)F. The third kappa shape index (κ3) is 11.3. The van der Waals surface area contributed by atoms with Crippen molar-refractivity contribution in [2.45, 2.75) is 87.0 Å². The average molecular weight is 950 g/mol. The molecule has 57 heavy (non-hydrogen) atoms. The molecular weight excluding hydrogens is 950 g/mol. The monoisotopic (exact) mass is 950 g/mol. The summed E-state index contributed by atoms with van der Waals surface area (Å²) in [5.74, 6) is 0. The number of hydrogen-bond donors (Lipinski definition) is 0. The predicted molar refractivity (Wildman–Crippen MR) is 88.4 cm³/mol. The first kappa shape index (κ1) is 54.3. The highest BCUT2D eigenvalue weighted by Crippen LogP contribution is 2.73. The minimum absolute atomic E-state index is 0.531. The molecule has 0 aromatic heterocycles. The lowest BCUT2D eigenvalue weighted by Crippen LogP contribution is -2.80. The Kier molecular flexibility index (Phi) is 13.8. The van der Waals surface area contributed by atoms with Crippen LogP contribution in [0.15, 0.2) is 0 Å². The second-order valence-electron chi connectivity index (χ2n) is 9.02. The van der Waals surface area contributed by atoms with Crippen molar-refractivity contribution in [2.24, 2.45) is 10.8 Å². The molecule has 0 aliphatic rings. The molecule has 0 bridgehead atoms. The van der Waals surface area contributed by atoms with Crippen LogP contribution >= 0.6 is 0 Å². The van der Waals surface area contributed by atoms with E-state index >= 15 is 17.6 Å². The largest absolute Gasteiger partial charge is 0.527 e. The van der Waals surface area contributed by atoms with Gasteiger partial charge in [-0.25, -0.2) is 28.4 Å². The highest BCUT2D eigenvalue weighted by molar-refractivity contribution is 5.11. The topological polar surface area (TPSA) is 64.6 Å². The van der Waals surface area contributed by atoms with Gasteiger partial charge >= 0.3 is 97.9 Å². The van der Waals surface area contributed by atoms with Gasteiger partial charge in [-0.2, -0.15) is 70.2 Å². The smallest absolute Gasteiger partial charge is 0.253 e. The van der Waals surface area contributed by atoms with E-state index in [4.69, 9.17) is 0 Å². The Bertz CT molecular complexity index is 1120. The van der Waals surface area contributed by atoms with Crippen molar-refractivity contribution in [1.29, 1.82) is 0 Å². The van der Waals surface area contributed by atoms with E-state index in [2.05, 4.69) is 0 Å². The molecule has 0 aromatic carbocycles. The zero-order valence-electron chi connectivity index (χ0n) is 23.7. The van der Waals surface area contributed by atoms with Crippen molar-refractivity contribution in [3.8, 4) is 0 Å². The van der Waals surface area contributed by atoms with Gasteiger partial charge < -0.3 is 0 Å². The number of halogens is 34. The van der Waals surface area contributed by atoms with Crippen LogP contribution in [-0.4, -0.2) is 87.0 Å². The predicted octanol–water partition coefficient (Wildman–Crippen LogP) is 10.9. The molecule has 0 aliphatic heterocycles. The van der Waals surface area contributed by atoms with Gasteiger partial charge in [-0.1, -0.05) is 0 Å². The molecule has 0 rings (SSSR count). The maximum atomic E-state index is 15.2. The molecule has 0 heterocycles. The lowest BCUT2D eigenvalue weighted by atomic mass is 9.79. The van der Waals surface area contributed by atoms with Crippen LogP contribution in [0.1, 0.15) is 0 Å². The highest BCUT2D eigenvalue weighted by atomic mass is 19.5. The quantitative estimate of drug-likeness (QED) is 0.143. The molecule has 0 atom stereocenters. The molecular formula is C16F34O7. The Labute approximate surface area is 282 Å². The van der Waals surface area contributed by atoms with Crippen LogP contribution in [-0.2, 0) is 33.2 Å². The third-order valence-corrected chi connectivity index (χ3v) is 5.21. The van der Waals surface area contributed by atoms with Crippen molar-refractivity contribution in [3.63, 3.8) is 0 Å². The Morgan fingerprint density at radius 3 is 0.316 bits per heavy atom. The Balaban J connectivity index is 9.55. The summed E-state index contributed by atoms with van der Waals surface area (Å²) in [6, 6.07) is 0. The second-order valence-corrected chi connectivity index (χ2v) is 9.02. The fourth-order valence-corrected chi connectivity index (χ4v) is 3.68. The van der Waals surface area contributed by atoms with Gasteiger partial charge in [-0.05, 0) is 0 Å². The van der Waals surface area contributed by atoms with Gasteiger partial charge in [0, 0.05) is 0 Å². The van der Waals surface area contributed by atoms with Gasteiger partial charge in [-0.3, -0.25) is 4.74 Å². The van der Waals surface area contributed by atoms with Crippen LogP contribution in [0, 0.1) is 10.8 Å². The standard InChI is InChI=1S/C16F34O7/c17-3(18,1(5(21,22)52-11(33,34)35,6(23,24)53-12(36,37)38)7(25,26)54-13(39,40)41)51-4(19,20)2(8(27,28)55-14(42,43)44,9(29,30)56-15(45,46)47)10(31,32)57-16(48,49)50. The number of alkyl halides is 34. The molecule has 0 spiro atoms. The van der Waals surface area contributed by atoms with Gasteiger partial charge in [0.1, 0.15) is 0 Å². The molecule has 0 saturated carbocycles. The van der Waals surface area contributed by atoms with E-state index in [1.807, 2.05) is 0 Å². The maximum absolute atomic E-state index is 15.2. The molecule has 0 saturated heterocycles. The van der Waals surface area contributed by atoms with E-state index in [0.29, 0.717) is 4.74 Å². The molecule has 0 aromatic rings. The number of hydrogen-bond acceptors (Lipinski definition) is 7. The fraction of sp³-hybridized carbons (Fsp3) is 1.00. The van der Waals surface area contributed by atoms with Crippen molar-refractivity contribution in [1.82, 2.24) is 0 Å². The maximum Gasteiger partial charge on any atom is 0.527 e. The summed E-state index contributed by atoms with van der Waals surface area (Å²) in [6.45, 7) is 0. The van der Waals surface area contributed by atoms with Crippen molar-refractivity contribution in [2.75, 3.05) is 0 Å². The molecule has 7 nitrogen and oxygen atoms in total. The molecule has 0 unspecified atom stereocenters. The van der Waals surface area contributed by atoms with E-state index in [0.717, 1.165) is 28.4 Å². The highest BCUT2D eigenvalue weighted by Gasteiger charge is 3.01. The zero-order valence-corrected chi connectivity index (χ0v) is 23.7. The first-order valence-electron chi connectivity index (χ1n) is 11.3.